The summed E-state index contributed by atoms with van der Waals surface area (Å²) in [5.41, 5.74) is 0.397. The average Bonchev–Trinajstić information content (AvgIpc) is 2.75. The molecule has 88 valence electrons. The van der Waals surface area contributed by atoms with Crippen LogP contribution in [0.1, 0.15) is 29.1 Å². The van der Waals surface area contributed by atoms with Crippen molar-refractivity contribution in [3.05, 3.63) is 17.5 Å². The van der Waals surface area contributed by atoms with E-state index in [2.05, 4.69) is 5.16 Å². The van der Waals surface area contributed by atoms with Gasteiger partial charge in [-0.15, -0.1) is 0 Å². The molecular formula is C11H16N2O3. The minimum absolute atomic E-state index is 0.0496. The second-order valence-electron chi connectivity index (χ2n) is 4.05. The smallest absolute Gasteiger partial charge is 0.276 e. The minimum atomic E-state index is -0.0496. The Bertz CT molecular complexity index is 367. The van der Waals surface area contributed by atoms with Crippen LogP contribution < -0.4 is 0 Å². The van der Waals surface area contributed by atoms with E-state index in [0.717, 1.165) is 25.9 Å². The second-order valence-corrected chi connectivity index (χ2v) is 4.05. The molecule has 0 saturated carbocycles. The van der Waals surface area contributed by atoms with Crippen LogP contribution in [0.5, 0.6) is 0 Å². The van der Waals surface area contributed by atoms with Crippen molar-refractivity contribution < 1.29 is 14.1 Å². The van der Waals surface area contributed by atoms with Crippen molar-refractivity contribution >= 4 is 5.91 Å². The predicted octanol–water partition coefficient (Wildman–Crippen LogP) is 1.23. The maximum Gasteiger partial charge on any atom is 0.276 e. The first kappa shape index (κ1) is 11.1. The highest BCUT2D eigenvalue weighted by Gasteiger charge is 2.25. The van der Waals surface area contributed by atoms with E-state index in [1.807, 2.05) is 0 Å². The molecule has 1 aliphatic heterocycles. The predicted molar refractivity (Wildman–Crippen MR) is 57.2 cm³/mol. The van der Waals surface area contributed by atoms with E-state index in [0.29, 0.717) is 11.5 Å². The van der Waals surface area contributed by atoms with Crippen LogP contribution in [0.3, 0.4) is 0 Å². The van der Waals surface area contributed by atoms with E-state index >= 15 is 0 Å². The summed E-state index contributed by atoms with van der Waals surface area (Å²) in [7, 11) is 1.71. The Morgan fingerprint density at radius 1 is 1.56 bits per heavy atom. The number of methoxy groups -OCH3 is 1. The van der Waals surface area contributed by atoms with Crippen LogP contribution in [-0.2, 0) is 4.74 Å². The molecule has 0 aromatic carbocycles. The van der Waals surface area contributed by atoms with Gasteiger partial charge in [-0.2, -0.15) is 0 Å². The van der Waals surface area contributed by atoms with E-state index in [1.54, 1.807) is 25.0 Å². The number of hydrogen-bond donors (Lipinski definition) is 0. The number of carbonyl (C=O) groups excluding carboxylic acids is 1. The Kier molecular flexibility index (Phi) is 3.24. The lowest BCUT2D eigenvalue weighted by Crippen LogP contribution is -2.40. The first-order chi connectivity index (χ1) is 7.70. The van der Waals surface area contributed by atoms with Crippen LogP contribution in [0, 0.1) is 6.92 Å². The van der Waals surface area contributed by atoms with Crippen molar-refractivity contribution in [2.75, 3.05) is 20.2 Å². The van der Waals surface area contributed by atoms with E-state index in [-0.39, 0.29) is 12.0 Å². The lowest BCUT2D eigenvalue weighted by atomic mass is 10.1. The summed E-state index contributed by atoms with van der Waals surface area (Å²) < 4.78 is 10.2. The molecule has 0 unspecified atom stereocenters. The van der Waals surface area contributed by atoms with Crippen molar-refractivity contribution in [3.8, 4) is 0 Å². The minimum Gasteiger partial charge on any atom is -0.381 e. The number of aromatic nitrogens is 1. The fourth-order valence-corrected chi connectivity index (χ4v) is 1.92. The monoisotopic (exact) mass is 224 g/mol. The molecule has 2 heterocycles. The van der Waals surface area contributed by atoms with Gasteiger partial charge >= 0.3 is 0 Å². The third kappa shape index (κ3) is 2.24. The molecule has 1 aliphatic rings. The van der Waals surface area contributed by atoms with Gasteiger partial charge in [0.15, 0.2) is 5.69 Å². The molecule has 0 spiro atoms. The Hall–Kier alpha value is -1.36. The Labute approximate surface area is 94.3 Å². The molecule has 1 amide bonds. The molecule has 5 nitrogen and oxygen atoms in total. The van der Waals surface area contributed by atoms with E-state index in [1.165, 1.54) is 0 Å². The molecule has 1 saturated heterocycles. The summed E-state index contributed by atoms with van der Waals surface area (Å²) in [6, 6.07) is 1.67. The maximum atomic E-state index is 12.0. The van der Waals surface area contributed by atoms with E-state index < -0.39 is 0 Å². The molecule has 0 bridgehead atoms. The number of piperidine rings is 1. The number of carbonyl (C=O) groups is 1. The third-order valence-corrected chi connectivity index (χ3v) is 2.91. The van der Waals surface area contributed by atoms with Gasteiger partial charge in [0.1, 0.15) is 5.76 Å². The fourth-order valence-electron chi connectivity index (χ4n) is 1.92. The van der Waals surface area contributed by atoms with E-state index in [4.69, 9.17) is 9.26 Å². The molecule has 1 fully saturated rings. The number of likely N-dealkylation sites (tertiary alicyclic amines) is 1. The van der Waals surface area contributed by atoms with Crippen LogP contribution in [0.2, 0.25) is 0 Å². The van der Waals surface area contributed by atoms with Crippen LogP contribution in [-0.4, -0.2) is 42.3 Å². The molecule has 0 radical (unpaired) electrons. The van der Waals surface area contributed by atoms with Crippen molar-refractivity contribution in [2.24, 2.45) is 0 Å². The molecule has 2 rings (SSSR count). The first-order valence-electron chi connectivity index (χ1n) is 5.46. The number of aryl methyl sites for hydroxylation is 1. The van der Waals surface area contributed by atoms with Crippen molar-refractivity contribution in [1.82, 2.24) is 10.1 Å². The van der Waals surface area contributed by atoms with E-state index in [9.17, 15) is 4.79 Å². The Morgan fingerprint density at radius 3 is 2.75 bits per heavy atom. The molecule has 0 N–H and O–H groups in total. The summed E-state index contributed by atoms with van der Waals surface area (Å²) in [5.74, 6) is 0.613. The maximum absolute atomic E-state index is 12.0. The lowest BCUT2D eigenvalue weighted by Gasteiger charge is -2.30. The number of rotatable bonds is 2. The van der Waals surface area contributed by atoms with Crippen LogP contribution in [0.15, 0.2) is 10.6 Å². The normalized spacial score (nSPS) is 17.8. The average molecular weight is 224 g/mol. The molecule has 0 atom stereocenters. The van der Waals surface area contributed by atoms with Crippen molar-refractivity contribution in [1.29, 1.82) is 0 Å². The quantitative estimate of drug-likeness (QED) is 0.758. The zero-order valence-corrected chi connectivity index (χ0v) is 9.60. The van der Waals surface area contributed by atoms with Gasteiger partial charge in [0.2, 0.25) is 0 Å². The van der Waals surface area contributed by atoms with Gasteiger partial charge < -0.3 is 14.2 Å². The summed E-state index contributed by atoms with van der Waals surface area (Å²) >= 11 is 0. The van der Waals surface area contributed by atoms with Gasteiger partial charge in [-0.25, -0.2) is 0 Å². The summed E-state index contributed by atoms with van der Waals surface area (Å²) in [5, 5.41) is 3.73. The molecule has 0 aliphatic carbocycles. The highest BCUT2D eigenvalue weighted by Crippen LogP contribution is 2.15. The molecule has 1 aromatic heterocycles. The molecular weight excluding hydrogens is 208 g/mol. The van der Waals surface area contributed by atoms with Gasteiger partial charge in [0, 0.05) is 26.3 Å². The van der Waals surface area contributed by atoms with Crippen LogP contribution in [0.4, 0.5) is 0 Å². The van der Waals surface area contributed by atoms with Crippen LogP contribution >= 0.6 is 0 Å². The van der Waals surface area contributed by atoms with Crippen molar-refractivity contribution in [3.63, 3.8) is 0 Å². The van der Waals surface area contributed by atoms with Gasteiger partial charge in [0.25, 0.3) is 5.91 Å². The van der Waals surface area contributed by atoms with Gasteiger partial charge in [-0.1, -0.05) is 5.16 Å². The van der Waals surface area contributed by atoms with Gasteiger partial charge in [-0.05, 0) is 19.8 Å². The molecule has 16 heavy (non-hydrogen) atoms. The Morgan fingerprint density at radius 2 is 2.25 bits per heavy atom. The second kappa shape index (κ2) is 4.65. The highest BCUT2D eigenvalue weighted by atomic mass is 16.5. The fraction of sp³-hybridized carbons (Fsp3) is 0.636. The molecule has 1 aromatic rings. The van der Waals surface area contributed by atoms with Crippen LogP contribution in [0.25, 0.3) is 0 Å². The first-order valence-corrected chi connectivity index (χ1v) is 5.46. The molecule has 5 heteroatoms. The number of ether oxygens (including phenoxy) is 1. The Balaban J connectivity index is 1.96. The number of nitrogens with zero attached hydrogens (tertiary/aromatic N) is 2. The van der Waals surface area contributed by atoms with Gasteiger partial charge in [0.05, 0.1) is 6.10 Å². The zero-order valence-electron chi connectivity index (χ0n) is 9.60. The highest BCUT2D eigenvalue weighted by molar-refractivity contribution is 5.92. The number of hydrogen-bond acceptors (Lipinski definition) is 4. The summed E-state index contributed by atoms with van der Waals surface area (Å²) in [6.45, 7) is 3.23. The zero-order chi connectivity index (χ0) is 11.5. The summed E-state index contributed by atoms with van der Waals surface area (Å²) in [4.78, 5) is 13.8. The summed E-state index contributed by atoms with van der Waals surface area (Å²) in [6.07, 6.45) is 2.06. The van der Waals surface area contributed by atoms with Crippen molar-refractivity contribution in [2.45, 2.75) is 25.9 Å². The SMILES string of the molecule is COC1CCN(C(=O)c2cc(C)on2)CC1. The lowest BCUT2D eigenvalue weighted by molar-refractivity contribution is 0.0345. The third-order valence-electron chi connectivity index (χ3n) is 2.91. The topological polar surface area (TPSA) is 55.6 Å². The number of amides is 1. The largest absolute Gasteiger partial charge is 0.381 e. The van der Waals surface area contributed by atoms with Gasteiger partial charge in [-0.3, -0.25) is 4.79 Å². The standard InChI is InChI=1S/C11H16N2O3/c1-8-7-10(12-16-8)11(14)13-5-3-9(15-2)4-6-13/h7,9H,3-6H2,1-2H3.